The Kier molecular flexibility index (Phi) is 4.91. The number of aromatic nitrogens is 6. The van der Waals surface area contributed by atoms with Crippen molar-refractivity contribution in [2.24, 2.45) is 5.92 Å². The van der Waals surface area contributed by atoms with E-state index in [9.17, 15) is 0 Å². The Morgan fingerprint density at radius 3 is 2.43 bits per heavy atom. The second-order valence-corrected chi connectivity index (χ2v) is 7.67. The van der Waals surface area contributed by atoms with E-state index in [0.717, 1.165) is 18.4 Å². The molecule has 0 bridgehead atoms. The molecule has 144 valence electrons. The van der Waals surface area contributed by atoms with Gasteiger partial charge in [0.1, 0.15) is 18.2 Å². The van der Waals surface area contributed by atoms with Crippen molar-refractivity contribution >= 4 is 32.6 Å². The van der Waals surface area contributed by atoms with Crippen LogP contribution in [-0.4, -0.2) is 29.7 Å². The summed E-state index contributed by atoms with van der Waals surface area (Å²) in [6.07, 6.45) is 5.48. The lowest BCUT2D eigenvalue weighted by Gasteiger charge is -2.26. The molecule has 3 heterocycles. The molecule has 1 unspecified atom stereocenters. The molecule has 8 nitrogen and oxygen atoms in total. The first-order valence-electron chi connectivity index (χ1n) is 9.24. The summed E-state index contributed by atoms with van der Waals surface area (Å²) in [4.78, 5) is 18.0. The lowest BCUT2D eigenvalue weighted by atomic mass is 9.88. The molecular weight excluding hydrogens is 372 g/mol. The van der Waals surface area contributed by atoms with E-state index in [1.807, 2.05) is 16.8 Å². The number of nitrogens with two attached hydrogens (primary N) is 2. The SMILES string of the molecule is CCC(CC)C(c1ccc(-c2nc(N)c3nc(N)sc3n2)cc1)n1cncn1. The van der Waals surface area contributed by atoms with Crippen molar-refractivity contribution in [3.8, 4) is 11.4 Å². The molecule has 0 fully saturated rings. The van der Waals surface area contributed by atoms with Crippen molar-refractivity contribution in [3.05, 3.63) is 42.5 Å². The van der Waals surface area contributed by atoms with Gasteiger partial charge >= 0.3 is 0 Å². The number of fused-ring (bicyclic) bond motifs is 1. The standard InChI is InChI=1S/C19H22N8S/c1-3-11(4-2)15(27-10-22-9-23-27)12-5-7-13(8-6-12)17-25-16(20)14-18(26-17)28-19(21)24-14/h5-11,15H,3-4H2,1-2H3,(H2,21,24)(H2,20,25,26). The first-order valence-corrected chi connectivity index (χ1v) is 10.1. The summed E-state index contributed by atoms with van der Waals surface area (Å²) in [7, 11) is 0. The second-order valence-electron chi connectivity index (χ2n) is 6.66. The first kappa shape index (κ1) is 18.3. The molecule has 0 saturated heterocycles. The molecule has 1 atom stereocenters. The summed E-state index contributed by atoms with van der Waals surface area (Å²) in [6, 6.07) is 8.38. The quantitative estimate of drug-likeness (QED) is 0.513. The number of hydrogen-bond donors (Lipinski definition) is 2. The lowest BCUT2D eigenvalue weighted by Crippen LogP contribution is -2.20. The summed E-state index contributed by atoms with van der Waals surface area (Å²) in [5.74, 6) is 1.38. The van der Waals surface area contributed by atoms with Crippen molar-refractivity contribution in [1.82, 2.24) is 29.7 Å². The molecule has 0 aliphatic carbocycles. The fourth-order valence-corrected chi connectivity index (χ4v) is 4.27. The first-order chi connectivity index (χ1) is 13.6. The van der Waals surface area contributed by atoms with Gasteiger partial charge in [0.25, 0.3) is 0 Å². The van der Waals surface area contributed by atoms with Crippen LogP contribution in [0.25, 0.3) is 21.7 Å². The minimum atomic E-state index is 0.140. The molecule has 0 radical (unpaired) electrons. The topological polar surface area (TPSA) is 121 Å². The molecule has 0 amide bonds. The average molecular weight is 395 g/mol. The third-order valence-corrected chi connectivity index (χ3v) is 5.81. The van der Waals surface area contributed by atoms with E-state index in [0.29, 0.717) is 33.0 Å². The van der Waals surface area contributed by atoms with Crippen molar-refractivity contribution in [2.75, 3.05) is 11.5 Å². The maximum Gasteiger partial charge on any atom is 0.182 e. The zero-order valence-electron chi connectivity index (χ0n) is 15.8. The predicted octanol–water partition coefficient (Wildman–Crippen LogP) is 3.53. The van der Waals surface area contributed by atoms with Crippen LogP contribution in [0.3, 0.4) is 0 Å². The van der Waals surface area contributed by atoms with Crippen LogP contribution in [0.5, 0.6) is 0 Å². The summed E-state index contributed by atoms with van der Waals surface area (Å²) in [6.45, 7) is 4.41. The van der Waals surface area contributed by atoms with Gasteiger partial charge in [0, 0.05) is 5.56 Å². The summed E-state index contributed by atoms with van der Waals surface area (Å²) >= 11 is 1.31. The van der Waals surface area contributed by atoms with Gasteiger partial charge in [-0.15, -0.1) is 0 Å². The van der Waals surface area contributed by atoms with Gasteiger partial charge in [-0.2, -0.15) is 5.10 Å². The summed E-state index contributed by atoms with van der Waals surface area (Å²) < 4.78 is 1.94. The van der Waals surface area contributed by atoms with Crippen LogP contribution >= 0.6 is 11.3 Å². The molecule has 0 saturated carbocycles. The summed E-state index contributed by atoms with van der Waals surface area (Å²) in [5.41, 5.74) is 14.5. The molecule has 9 heteroatoms. The molecule has 4 N–H and O–H groups in total. The number of nitrogens with zero attached hydrogens (tertiary/aromatic N) is 6. The van der Waals surface area contributed by atoms with Crippen molar-refractivity contribution in [1.29, 1.82) is 0 Å². The van der Waals surface area contributed by atoms with Crippen molar-refractivity contribution < 1.29 is 0 Å². The molecule has 4 aromatic rings. The Morgan fingerprint density at radius 1 is 1.04 bits per heavy atom. The Labute approximate surface area is 166 Å². The second kappa shape index (κ2) is 7.51. The molecule has 0 aliphatic rings. The molecule has 1 aromatic carbocycles. The molecule has 4 rings (SSSR count). The van der Waals surface area contributed by atoms with Gasteiger partial charge in [0.2, 0.25) is 0 Å². The zero-order chi connectivity index (χ0) is 19.7. The number of nitrogen functional groups attached to an aromatic ring is 2. The Morgan fingerprint density at radius 2 is 1.79 bits per heavy atom. The van der Waals surface area contributed by atoms with E-state index >= 15 is 0 Å². The van der Waals surface area contributed by atoms with E-state index in [1.165, 1.54) is 16.9 Å². The molecule has 3 aromatic heterocycles. The Balaban J connectivity index is 1.71. The van der Waals surface area contributed by atoms with Gasteiger partial charge in [-0.05, 0) is 11.5 Å². The van der Waals surface area contributed by atoms with Crippen molar-refractivity contribution in [2.45, 2.75) is 32.7 Å². The highest BCUT2D eigenvalue weighted by Gasteiger charge is 2.23. The van der Waals surface area contributed by atoms with E-state index < -0.39 is 0 Å². The lowest BCUT2D eigenvalue weighted by molar-refractivity contribution is 0.332. The van der Waals surface area contributed by atoms with Gasteiger partial charge in [-0.25, -0.2) is 24.6 Å². The third kappa shape index (κ3) is 3.29. The minimum absolute atomic E-state index is 0.140. The van der Waals surface area contributed by atoms with Crippen LogP contribution in [0.4, 0.5) is 10.9 Å². The van der Waals surface area contributed by atoms with Gasteiger partial charge in [-0.3, -0.25) is 0 Å². The number of rotatable bonds is 6. The highest BCUT2D eigenvalue weighted by atomic mass is 32.1. The van der Waals surface area contributed by atoms with Crippen LogP contribution < -0.4 is 11.5 Å². The number of thiazole rings is 1. The fraction of sp³-hybridized carbons (Fsp3) is 0.316. The number of hydrogen-bond acceptors (Lipinski definition) is 8. The molecule has 0 spiro atoms. The van der Waals surface area contributed by atoms with Gasteiger partial charge in [0.05, 0.1) is 6.04 Å². The van der Waals surface area contributed by atoms with Crippen LogP contribution in [-0.2, 0) is 0 Å². The van der Waals surface area contributed by atoms with Crippen LogP contribution in [0.1, 0.15) is 38.3 Å². The van der Waals surface area contributed by atoms with Gasteiger partial charge in [-0.1, -0.05) is 62.3 Å². The number of benzene rings is 1. The highest BCUT2D eigenvalue weighted by molar-refractivity contribution is 7.21. The van der Waals surface area contributed by atoms with E-state index in [4.69, 9.17) is 11.5 Å². The summed E-state index contributed by atoms with van der Waals surface area (Å²) in [5, 5.41) is 4.82. The normalized spacial score (nSPS) is 12.7. The Bertz CT molecular complexity index is 1070. The van der Waals surface area contributed by atoms with Gasteiger partial charge < -0.3 is 11.5 Å². The molecule has 28 heavy (non-hydrogen) atoms. The van der Waals surface area contributed by atoms with Crippen LogP contribution in [0.2, 0.25) is 0 Å². The molecule has 0 aliphatic heterocycles. The predicted molar refractivity (Wildman–Crippen MR) is 112 cm³/mol. The zero-order valence-corrected chi connectivity index (χ0v) is 16.6. The average Bonchev–Trinajstić information content (AvgIpc) is 3.35. The maximum atomic E-state index is 6.04. The van der Waals surface area contributed by atoms with Crippen LogP contribution in [0, 0.1) is 5.92 Å². The number of anilines is 2. The molecular formula is C19H22N8S. The van der Waals surface area contributed by atoms with Crippen molar-refractivity contribution in [3.63, 3.8) is 0 Å². The smallest absolute Gasteiger partial charge is 0.182 e. The largest absolute Gasteiger partial charge is 0.382 e. The van der Waals surface area contributed by atoms with E-state index in [2.05, 4.69) is 51.0 Å². The minimum Gasteiger partial charge on any atom is -0.382 e. The van der Waals surface area contributed by atoms with E-state index in [-0.39, 0.29) is 6.04 Å². The monoisotopic (exact) mass is 394 g/mol. The van der Waals surface area contributed by atoms with E-state index in [1.54, 1.807) is 12.7 Å². The van der Waals surface area contributed by atoms with Gasteiger partial charge in [0.15, 0.2) is 21.6 Å². The fourth-order valence-electron chi connectivity index (χ4n) is 3.55. The maximum absolute atomic E-state index is 6.04. The van der Waals surface area contributed by atoms with Crippen LogP contribution in [0.15, 0.2) is 36.9 Å². The third-order valence-electron chi connectivity index (χ3n) is 5.03. The Hall–Kier alpha value is -3.07. The highest BCUT2D eigenvalue weighted by Crippen LogP contribution is 2.32.